The van der Waals surface area contributed by atoms with E-state index in [1.807, 2.05) is 43.3 Å². The lowest BCUT2D eigenvalue weighted by molar-refractivity contribution is -0.128. The van der Waals surface area contributed by atoms with Gasteiger partial charge < -0.3 is 14.8 Å². The van der Waals surface area contributed by atoms with Crippen molar-refractivity contribution in [3.8, 4) is 11.5 Å². The Morgan fingerprint density at radius 1 is 1.19 bits per heavy atom. The molecule has 0 saturated heterocycles. The van der Waals surface area contributed by atoms with Gasteiger partial charge in [0, 0.05) is 0 Å². The molecule has 2 aromatic rings. The molecule has 0 bridgehead atoms. The standard InChI is InChI=1S/C23H30N2O5S/c1-15(16-7-10-18(29-5)11-8-16)24-22(26)21-14-25(31(6,27)28)19-13-17(23(2,3)4)9-12-20(19)30-21/h7-13,15,21H,14H2,1-6H3,(H,24,26)/t15-,21+/m1/s1. The van der Waals surface area contributed by atoms with Gasteiger partial charge in [-0.15, -0.1) is 0 Å². The molecule has 0 spiro atoms. The van der Waals surface area contributed by atoms with Gasteiger partial charge in [0.25, 0.3) is 5.91 Å². The number of sulfonamides is 1. The van der Waals surface area contributed by atoms with E-state index >= 15 is 0 Å². The van der Waals surface area contributed by atoms with E-state index in [9.17, 15) is 13.2 Å². The molecule has 3 rings (SSSR count). The van der Waals surface area contributed by atoms with Gasteiger partial charge >= 0.3 is 0 Å². The second kappa shape index (κ2) is 8.42. The molecule has 1 N–H and O–H groups in total. The SMILES string of the molecule is COc1ccc([C@@H](C)NC(=O)[C@@H]2CN(S(C)(=O)=O)c3cc(C(C)(C)C)ccc3O2)cc1. The number of methoxy groups -OCH3 is 1. The van der Waals surface area contributed by atoms with E-state index in [-0.39, 0.29) is 23.9 Å². The molecule has 0 unspecified atom stereocenters. The third-order valence-electron chi connectivity index (χ3n) is 5.36. The Balaban J connectivity index is 1.84. The van der Waals surface area contributed by atoms with Crippen molar-refractivity contribution in [3.63, 3.8) is 0 Å². The van der Waals surface area contributed by atoms with Gasteiger partial charge in [0.2, 0.25) is 10.0 Å². The highest BCUT2D eigenvalue weighted by molar-refractivity contribution is 7.92. The summed E-state index contributed by atoms with van der Waals surface area (Å²) in [4.78, 5) is 12.9. The molecule has 0 radical (unpaired) electrons. The van der Waals surface area contributed by atoms with Gasteiger partial charge in [-0.25, -0.2) is 8.42 Å². The topological polar surface area (TPSA) is 84.9 Å². The van der Waals surface area contributed by atoms with E-state index in [0.29, 0.717) is 11.4 Å². The predicted molar refractivity (Wildman–Crippen MR) is 121 cm³/mol. The number of carbonyl (C=O) groups excluding carboxylic acids is 1. The molecule has 8 heteroatoms. The minimum atomic E-state index is -3.60. The third-order valence-corrected chi connectivity index (χ3v) is 6.51. The molecule has 0 aromatic heterocycles. The lowest BCUT2D eigenvalue weighted by Gasteiger charge is -2.35. The van der Waals surface area contributed by atoms with Gasteiger partial charge in [0.1, 0.15) is 11.5 Å². The van der Waals surface area contributed by atoms with Crippen molar-refractivity contribution in [1.82, 2.24) is 5.32 Å². The molecule has 2 aromatic carbocycles. The Hall–Kier alpha value is -2.74. The molecular formula is C23H30N2O5S. The highest BCUT2D eigenvalue weighted by Crippen LogP contribution is 2.38. The van der Waals surface area contributed by atoms with E-state index in [2.05, 4.69) is 26.1 Å². The zero-order chi connectivity index (χ0) is 23.0. The Kier molecular flexibility index (Phi) is 6.23. The molecular weight excluding hydrogens is 416 g/mol. The summed E-state index contributed by atoms with van der Waals surface area (Å²) in [5.74, 6) is 0.734. The van der Waals surface area contributed by atoms with Crippen molar-refractivity contribution in [1.29, 1.82) is 0 Å². The maximum Gasteiger partial charge on any atom is 0.263 e. The van der Waals surface area contributed by atoms with Crippen molar-refractivity contribution in [2.45, 2.75) is 45.3 Å². The Labute approximate surface area is 184 Å². The summed E-state index contributed by atoms with van der Waals surface area (Å²) < 4.78 is 37.4. The summed E-state index contributed by atoms with van der Waals surface area (Å²) in [5, 5.41) is 2.92. The van der Waals surface area contributed by atoms with Crippen LogP contribution in [0.1, 0.15) is 44.9 Å². The van der Waals surface area contributed by atoms with E-state index in [1.165, 1.54) is 4.31 Å². The van der Waals surface area contributed by atoms with Gasteiger partial charge in [-0.05, 0) is 47.7 Å². The molecule has 7 nitrogen and oxygen atoms in total. The van der Waals surface area contributed by atoms with Crippen molar-refractivity contribution in [3.05, 3.63) is 53.6 Å². The number of anilines is 1. The largest absolute Gasteiger partial charge is 0.497 e. The van der Waals surface area contributed by atoms with Gasteiger partial charge in [-0.3, -0.25) is 9.10 Å². The maximum atomic E-state index is 12.9. The van der Waals surface area contributed by atoms with E-state index in [1.54, 1.807) is 13.2 Å². The monoisotopic (exact) mass is 446 g/mol. The summed E-state index contributed by atoms with van der Waals surface area (Å²) in [6, 6.07) is 12.6. The number of hydrogen-bond donors (Lipinski definition) is 1. The first-order valence-electron chi connectivity index (χ1n) is 10.1. The fourth-order valence-electron chi connectivity index (χ4n) is 3.45. The van der Waals surface area contributed by atoms with Gasteiger partial charge in [-0.1, -0.05) is 39.0 Å². The minimum absolute atomic E-state index is 0.0827. The molecule has 2 atom stereocenters. The van der Waals surface area contributed by atoms with Crippen LogP contribution in [0.15, 0.2) is 42.5 Å². The smallest absolute Gasteiger partial charge is 0.263 e. The first kappa shape index (κ1) is 22.9. The average Bonchev–Trinajstić information content (AvgIpc) is 2.71. The van der Waals surface area contributed by atoms with Crippen LogP contribution in [0.5, 0.6) is 11.5 Å². The molecule has 168 valence electrons. The van der Waals surface area contributed by atoms with Gasteiger partial charge in [0.05, 0.1) is 31.6 Å². The molecule has 0 aliphatic carbocycles. The molecule has 1 heterocycles. The molecule has 1 aliphatic heterocycles. The number of nitrogens with zero attached hydrogens (tertiary/aromatic N) is 1. The zero-order valence-corrected chi connectivity index (χ0v) is 19.6. The Bertz CT molecular complexity index is 1060. The molecule has 1 aliphatic rings. The van der Waals surface area contributed by atoms with Crippen LogP contribution in [-0.4, -0.2) is 40.3 Å². The first-order chi connectivity index (χ1) is 14.4. The third kappa shape index (κ3) is 5.12. The lowest BCUT2D eigenvalue weighted by atomic mass is 9.86. The Morgan fingerprint density at radius 3 is 2.39 bits per heavy atom. The van der Waals surface area contributed by atoms with Crippen LogP contribution in [-0.2, 0) is 20.2 Å². The van der Waals surface area contributed by atoms with Crippen LogP contribution in [0.4, 0.5) is 5.69 Å². The van der Waals surface area contributed by atoms with Crippen LogP contribution in [0.3, 0.4) is 0 Å². The maximum absolute atomic E-state index is 12.9. The minimum Gasteiger partial charge on any atom is -0.497 e. The van der Waals surface area contributed by atoms with Crippen molar-refractivity contribution in [2.24, 2.45) is 0 Å². The molecule has 1 amide bonds. The van der Waals surface area contributed by atoms with Crippen LogP contribution in [0, 0.1) is 0 Å². The predicted octanol–water partition coefficient (Wildman–Crippen LogP) is 3.40. The normalized spacial score (nSPS) is 17.4. The van der Waals surface area contributed by atoms with Crippen molar-refractivity contribution in [2.75, 3.05) is 24.2 Å². The number of amides is 1. The highest BCUT2D eigenvalue weighted by atomic mass is 32.2. The zero-order valence-electron chi connectivity index (χ0n) is 18.8. The molecule has 0 fully saturated rings. The van der Waals surface area contributed by atoms with E-state index in [0.717, 1.165) is 23.1 Å². The number of nitrogens with one attached hydrogen (secondary N) is 1. The lowest BCUT2D eigenvalue weighted by Crippen LogP contribution is -2.50. The van der Waals surface area contributed by atoms with E-state index < -0.39 is 16.1 Å². The van der Waals surface area contributed by atoms with Crippen molar-refractivity contribution < 1.29 is 22.7 Å². The fourth-order valence-corrected chi connectivity index (χ4v) is 4.36. The summed E-state index contributed by atoms with van der Waals surface area (Å²) in [6.07, 6.45) is 0.185. The number of ether oxygens (including phenoxy) is 2. The van der Waals surface area contributed by atoms with Gasteiger partial charge in [0.15, 0.2) is 6.10 Å². The van der Waals surface area contributed by atoms with E-state index in [4.69, 9.17) is 9.47 Å². The number of hydrogen-bond acceptors (Lipinski definition) is 5. The number of fused-ring (bicyclic) bond motifs is 1. The van der Waals surface area contributed by atoms with Crippen LogP contribution < -0.4 is 19.1 Å². The van der Waals surface area contributed by atoms with Crippen LogP contribution >= 0.6 is 0 Å². The number of rotatable bonds is 5. The van der Waals surface area contributed by atoms with Crippen LogP contribution in [0.25, 0.3) is 0 Å². The average molecular weight is 447 g/mol. The van der Waals surface area contributed by atoms with Crippen LogP contribution in [0.2, 0.25) is 0 Å². The second-order valence-electron chi connectivity index (χ2n) is 8.84. The summed E-state index contributed by atoms with van der Waals surface area (Å²) in [7, 11) is -2.00. The number of carbonyl (C=O) groups is 1. The number of benzene rings is 2. The molecule has 31 heavy (non-hydrogen) atoms. The Morgan fingerprint density at radius 2 is 1.84 bits per heavy atom. The fraction of sp³-hybridized carbons (Fsp3) is 0.435. The highest BCUT2D eigenvalue weighted by Gasteiger charge is 2.36. The van der Waals surface area contributed by atoms with Crippen molar-refractivity contribution >= 4 is 21.6 Å². The summed E-state index contributed by atoms with van der Waals surface area (Å²) in [6.45, 7) is 7.95. The summed E-state index contributed by atoms with van der Waals surface area (Å²) >= 11 is 0. The second-order valence-corrected chi connectivity index (χ2v) is 10.7. The van der Waals surface area contributed by atoms with Gasteiger partial charge in [-0.2, -0.15) is 0 Å². The first-order valence-corrected chi connectivity index (χ1v) is 12.0. The molecule has 0 saturated carbocycles. The summed E-state index contributed by atoms with van der Waals surface area (Å²) in [5.41, 5.74) is 2.20. The quantitative estimate of drug-likeness (QED) is 0.761.